The van der Waals surface area contributed by atoms with Crippen LogP contribution in [0.2, 0.25) is 0 Å². The Kier molecular flexibility index (Phi) is 3.85. The second kappa shape index (κ2) is 6.32. The van der Waals surface area contributed by atoms with Crippen LogP contribution in [0.15, 0.2) is 52.9 Å². The van der Waals surface area contributed by atoms with Gasteiger partial charge in [-0.25, -0.2) is 0 Å². The van der Waals surface area contributed by atoms with Crippen LogP contribution in [0.3, 0.4) is 0 Å². The minimum absolute atomic E-state index is 0.275. The summed E-state index contributed by atoms with van der Waals surface area (Å²) < 4.78 is 5.56. The van der Waals surface area contributed by atoms with E-state index < -0.39 is 0 Å². The third-order valence-electron chi connectivity index (χ3n) is 3.87. The summed E-state index contributed by atoms with van der Waals surface area (Å²) in [5.41, 5.74) is 2.60. The molecule has 1 amide bonds. The normalized spacial score (nSPS) is 10.8. The molecule has 0 atom stereocenters. The molecule has 8 heteroatoms. The van der Waals surface area contributed by atoms with E-state index in [1.165, 1.54) is 0 Å². The van der Waals surface area contributed by atoms with Crippen LogP contribution < -0.4 is 10.2 Å². The predicted octanol–water partition coefficient (Wildman–Crippen LogP) is 2.93. The zero-order valence-corrected chi connectivity index (χ0v) is 14.2. The van der Waals surface area contributed by atoms with Crippen molar-refractivity contribution < 1.29 is 9.21 Å². The van der Waals surface area contributed by atoms with Crippen molar-refractivity contribution in [1.29, 1.82) is 0 Å². The summed E-state index contributed by atoms with van der Waals surface area (Å²) in [7, 11) is 3.66. The van der Waals surface area contributed by atoms with Gasteiger partial charge in [0.25, 0.3) is 5.91 Å². The molecular formula is C18H16N6O2. The van der Waals surface area contributed by atoms with Gasteiger partial charge in [-0.2, -0.15) is 5.10 Å². The topological polar surface area (TPSA) is 99.9 Å². The van der Waals surface area contributed by atoms with Crippen molar-refractivity contribution >= 4 is 28.5 Å². The average molecular weight is 348 g/mol. The molecule has 2 heterocycles. The van der Waals surface area contributed by atoms with Gasteiger partial charge >= 0.3 is 6.01 Å². The van der Waals surface area contributed by atoms with Crippen LogP contribution >= 0.6 is 0 Å². The third kappa shape index (κ3) is 2.88. The Labute approximate surface area is 148 Å². The number of hydrogen-bond donors (Lipinski definition) is 2. The van der Waals surface area contributed by atoms with Crippen LogP contribution in [0.25, 0.3) is 22.4 Å². The first kappa shape index (κ1) is 15.8. The van der Waals surface area contributed by atoms with E-state index in [4.69, 9.17) is 4.42 Å². The van der Waals surface area contributed by atoms with Crippen LogP contribution in [0.5, 0.6) is 0 Å². The number of aromatic nitrogens is 4. The van der Waals surface area contributed by atoms with Crippen molar-refractivity contribution in [3.8, 4) is 11.5 Å². The maximum Gasteiger partial charge on any atom is 0.317 e. The molecule has 0 spiro atoms. The van der Waals surface area contributed by atoms with Crippen molar-refractivity contribution in [2.45, 2.75) is 0 Å². The Balaban J connectivity index is 1.52. The van der Waals surface area contributed by atoms with Gasteiger partial charge in [0.15, 0.2) is 5.69 Å². The molecule has 0 aliphatic heterocycles. The first-order valence-corrected chi connectivity index (χ1v) is 7.97. The van der Waals surface area contributed by atoms with Gasteiger partial charge in [0.2, 0.25) is 5.89 Å². The fraction of sp³-hybridized carbons (Fsp3) is 0.111. The van der Waals surface area contributed by atoms with Crippen molar-refractivity contribution in [1.82, 2.24) is 20.4 Å². The molecule has 26 heavy (non-hydrogen) atoms. The van der Waals surface area contributed by atoms with Crippen LogP contribution in [0.4, 0.5) is 11.7 Å². The van der Waals surface area contributed by atoms with E-state index in [1.54, 1.807) is 17.0 Å². The lowest BCUT2D eigenvalue weighted by atomic mass is 10.2. The Morgan fingerprint density at radius 3 is 2.58 bits per heavy atom. The number of fused-ring (bicyclic) bond motifs is 1. The summed E-state index contributed by atoms with van der Waals surface area (Å²) in [5.74, 6) is 0.146. The van der Waals surface area contributed by atoms with E-state index in [9.17, 15) is 4.79 Å². The minimum Gasteiger partial charge on any atom is -0.403 e. The summed E-state index contributed by atoms with van der Waals surface area (Å²) >= 11 is 0. The second-order valence-corrected chi connectivity index (χ2v) is 5.93. The average Bonchev–Trinajstić information content (AvgIpc) is 3.30. The summed E-state index contributed by atoms with van der Waals surface area (Å²) in [5, 5.41) is 18.5. The molecular weight excluding hydrogens is 332 g/mol. The number of amides is 1. The molecule has 0 saturated carbocycles. The maximum atomic E-state index is 12.5. The number of hydrogen-bond acceptors (Lipinski definition) is 6. The first-order valence-electron chi connectivity index (χ1n) is 7.97. The molecule has 0 aliphatic rings. The number of carbonyl (C=O) groups excluding carboxylic acids is 1. The van der Waals surface area contributed by atoms with Gasteiger partial charge in [-0.15, -0.1) is 5.10 Å². The van der Waals surface area contributed by atoms with Gasteiger partial charge in [-0.05, 0) is 30.3 Å². The maximum absolute atomic E-state index is 12.5. The monoisotopic (exact) mass is 348 g/mol. The number of anilines is 2. The van der Waals surface area contributed by atoms with Crippen molar-refractivity contribution in [2.75, 3.05) is 24.3 Å². The highest BCUT2D eigenvalue weighted by atomic mass is 16.4. The lowest BCUT2D eigenvalue weighted by molar-refractivity contribution is 0.102. The number of carbonyl (C=O) groups is 1. The SMILES string of the molecule is CN(C)c1nnc(-c2ccc(NC(=O)c3n[nH]c4ccccc34)cc2)o1. The largest absolute Gasteiger partial charge is 0.403 e. The molecule has 0 fully saturated rings. The van der Waals surface area contributed by atoms with Crippen LogP contribution in [0, 0.1) is 0 Å². The van der Waals surface area contributed by atoms with Crippen molar-refractivity contribution in [3.63, 3.8) is 0 Å². The van der Waals surface area contributed by atoms with Crippen molar-refractivity contribution in [3.05, 3.63) is 54.2 Å². The second-order valence-electron chi connectivity index (χ2n) is 5.93. The first-order chi connectivity index (χ1) is 12.6. The van der Waals surface area contributed by atoms with Gasteiger partial charge in [0.05, 0.1) is 5.52 Å². The van der Waals surface area contributed by atoms with Crippen molar-refractivity contribution in [2.24, 2.45) is 0 Å². The van der Waals surface area contributed by atoms with Gasteiger partial charge in [-0.1, -0.05) is 23.3 Å². The lowest BCUT2D eigenvalue weighted by Crippen LogP contribution is -2.12. The molecule has 0 bridgehead atoms. The summed E-state index contributed by atoms with van der Waals surface area (Å²) in [6, 6.07) is 15.1. The fourth-order valence-corrected chi connectivity index (χ4v) is 2.54. The minimum atomic E-state index is -0.275. The highest BCUT2D eigenvalue weighted by Gasteiger charge is 2.14. The Hall–Kier alpha value is -3.68. The zero-order chi connectivity index (χ0) is 18.1. The van der Waals surface area contributed by atoms with E-state index in [-0.39, 0.29) is 5.91 Å². The summed E-state index contributed by atoms with van der Waals surface area (Å²) in [4.78, 5) is 14.2. The molecule has 2 aromatic heterocycles. The fourth-order valence-electron chi connectivity index (χ4n) is 2.54. The zero-order valence-electron chi connectivity index (χ0n) is 14.2. The smallest absolute Gasteiger partial charge is 0.317 e. The number of rotatable bonds is 4. The van der Waals surface area contributed by atoms with E-state index in [0.717, 1.165) is 16.5 Å². The Morgan fingerprint density at radius 1 is 1.08 bits per heavy atom. The molecule has 0 unspecified atom stereocenters. The van der Waals surface area contributed by atoms with E-state index in [0.29, 0.717) is 23.3 Å². The van der Waals surface area contributed by atoms with Gasteiger partial charge in [-0.3, -0.25) is 9.89 Å². The third-order valence-corrected chi connectivity index (χ3v) is 3.87. The summed E-state index contributed by atoms with van der Waals surface area (Å²) in [6.07, 6.45) is 0. The van der Waals surface area contributed by atoms with E-state index in [1.807, 2.05) is 50.5 Å². The molecule has 2 aromatic carbocycles. The number of nitrogens with zero attached hydrogens (tertiary/aromatic N) is 4. The highest BCUT2D eigenvalue weighted by molar-refractivity contribution is 6.11. The number of H-pyrrole nitrogens is 1. The Morgan fingerprint density at radius 2 is 1.85 bits per heavy atom. The standard InChI is InChI=1S/C18H16N6O2/c1-24(2)18-23-22-17(26-18)11-7-9-12(10-8-11)19-16(25)15-13-5-3-4-6-14(13)20-21-15/h3-10H,1-2H3,(H,19,25)(H,20,21). The molecule has 130 valence electrons. The highest BCUT2D eigenvalue weighted by Crippen LogP contribution is 2.23. The van der Waals surface area contributed by atoms with E-state index >= 15 is 0 Å². The van der Waals surface area contributed by atoms with E-state index in [2.05, 4.69) is 25.7 Å². The predicted molar refractivity (Wildman–Crippen MR) is 98.1 cm³/mol. The number of aromatic amines is 1. The molecule has 4 rings (SSSR count). The molecule has 4 aromatic rings. The van der Waals surface area contributed by atoms with Crippen LogP contribution in [-0.4, -0.2) is 40.4 Å². The molecule has 0 saturated heterocycles. The number of para-hydroxylation sites is 1. The number of benzene rings is 2. The molecule has 8 nitrogen and oxygen atoms in total. The lowest BCUT2D eigenvalue weighted by Gasteiger charge is -2.05. The molecule has 0 aliphatic carbocycles. The quantitative estimate of drug-likeness (QED) is 0.588. The van der Waals surface area contributed by atoms with Gasteiger partial charge in [0, 0.05) is 30.7 Å². The van der Waals surface area contributed by atoms with Crippen LogP contribution in [0.1, 0.15) is 10.5 Å². The molecule has 0 radical (unpaired) electrons. The van der Waals surface area contributed by atoms with Gasteiger partial charge in [0.1, 0.15) is 0 Å². The number of nitrogens with one attached hydrogen (secondary N) is 2. The van der Waals surface area contributed by atoms with Crippen LogP contribution in [-0.2, 0) is 0 Å². The molecule has 2 N–H and O–H groups in total. The summed E-state index contributed by atoms with van der Waals surface area (Å²) in [6.45, 7) is 0. The Bertz CT molecular complexity index is 1060. The van der Waals surface area contributed by atoms with Gasteiger partial charge < -0.3 is 14.6 Å².